The van der Waals surface area contributed by atoms with E-state index in [4.69, 9.17) is 11.2 Å². The molecule has 3 fully saturated rings. The number of phenolic OH excluding ortho intramolecular Hbond substituents is 1. The van der Waals surface area contributed by atoms with Gasteiger partial charge in [0.2, 0.25) is 5.88 Å². The number of nitrogens with one attached hydrogen (secondary N) is 3. The second kappa shape index (κ2) is 9.99. The van der Waals surface area contributed by atoms with Gasteiger partial charge in [0, 0.05) is 30.9 Å². The number of piperazine rings is 1. The minimum absolute atomic E-state index is 0.00560. The molecule has 0 amide bonds. The van der Waals surface area contributed by atoms with E-state index in [0.29, 0.717) is 29.3 Å². The standard InChI is InChI=1S/C31H29F2N7O3/c1-4-17-20(32)6-5-14-9-16(41)11-18(23(14)17)26-25(33)27-24-28(19(12-34)29(37-27)35-8-7-22(42)39(2)3)40-13-15-10-21(36-15)31(40)43-30(24)38-26/h1,5-6,9,11,15,21-22,26,31,36,38,41-42H,7-8,10,13H2,2-3H3,(H,35,37). The molecule has 3 aromatic rings. The largest absolute Gasteiger partial charge is 0.508 e. The number of fused-ring (bicyclic) bond motifs is 1. The van der Waals surface area contributed by atoms with Gasteiger partial charge in [-0.3, -0.25) is 4.90 Å². The molecule has 12 heteroatoms. The zero-order chi connectivity index (χ0) is 30.2. The number of rotatable bonds is 6. The number of aromatic nitrogens is 1. The molecule has 6 heterocycles. The molecule has 0 saturated carbocycles. The number of pyridine rings is 1. The first-order chi connectivity index (χ1) is 20.7. The number of anilines is 2. The van der Waals surface area contributed by atoms with Crippen LogP contribution >= 0.6 is 0 Å². The maximum Gasteiger partial charge on any atom is 0.201 e. The third kappa shape index (κ3) is 4.13. The average Bonchev–Trinajstić information content (AvgIpc) is 2.97. The van der Waals surface area contributed by atoms with Gasteiger partial charge in [0.15, 0.2) is 12.1 Å². The highest BCUT2D eigenvalue weighted by atomic mass is 19.1. The normalized spacial score (nSPS) is 23.8. The molecule has 0 radical (unpaired) electrons. The summed E-state index contributed by atoms with van der Waals surface area (Å²) in [4.78, 5) is 8.25. The van der Waals surface area contributed by atoms with Crippen LogP contribution in [0.4, 0.5) is 20.3 Å². The fourth-order valence-electron chi connectivity index (χ4n) is 6.55. The predicted molar refractivity (Wildman–Crippen MR) is 156 cm³/mol. The van der Waals surface area contributed by atoms with Crippen molar-refractivity contribution in [2.24, 2.45) is 0 Å². The number of phenols is 1. The predicted octanol–water partition coefficient (Wildman–Crippen LogP) is 1.01. The van der Waals surface area contributed by atoms with E-state index < -0.39 is 30.1 Å². The van der Waals surface area contributed by atoms with Crippen molar-refractivity contribution >= 4 is 34.0 Å². The van der Waals surface area contributed by atoms with Crippen LogP contribution in [0, 0.1) is 29.5 Å². The molecule has 3 saturated heterocycles. The van der Waals surface area contributed by atoms with Crippen LogP contribution in [0.25, 0.3) is 22.5 Å². The molecule has 2 bridgehead atoms. The lowest BCUT2D eigenvalue weighted by atomic mass is 9.87. The summed E-state index contributed by atoms with van der Waals surface area (Å²) in [6.07, 6.45) is 5.72. The molecule has 0 aliphatic carbocycles. The molecule has 5 aliphatic heterocycles. The number of aliphatic hydroxyl groups is 1. The highest BCUT2D eigenvalue weighted by molar-refractivity contribution is 5.94. The number of nitrogens with zero attached hydrogens (tertiary/aromatic N) is 4. The first kappa shape index (κ1) is 27.2. The van der Waals surface area contributed by atoms with Crippen molar-refractivity contribution in [3.63, 3.8) is 0 Å². The number of ether oxygens (including phenoxy) is 1. The number of nitriles is 1. The summed E-state index contributed by atoms with van der Waals surface area (Å²) in [5, 5.41) is 42.0. The molecule has 10 nitrogen and oxygen atoms in total. The minimum atomic E-state index is -1.24. The van der Waals surface area contributed by atoms with Crippen molar-refractivity contribution in [3.05, 3.63) is 57.3 Å². The molecule has 5 aliphatic rings. The first-order valence-corrected chi connectivity index (χ1v) is 14.0. The number of aromatic hydroxyl groups is 1. The Bertz CT molecular complexity index is 1890. The fourth-order valence-corrected chi connectivity index (χ4v) is 6.55. The van der Waals surface area contributed by atoms with E-state index in [-0.39, 0.29) is 63.5 Å². The Hall–Kier alpha value is -4.62. The zero-order valence-electron chi connectivity index (χ0n) is 23.4. The summed E-state index contributed by atoms with van der Waals surface area (Å²) in [7, 11) is 3.50. The Morgan fingerprint density at radius 1 is 1.30 bits per heavy atom. The second-order valence-corrected chi connectivity index (χ2v) is 11.5. The molecule has 8 rings (SSSR count). The third-order valence-corrected chi connectivity index (χ3v) is 8.68. The second-order valence-electron chi connectivity index (χ2n) is 11.5. The summed E-state index contributed by atoms with van der Waals surface area (Å²) in [5.74, 6) is 1.29. The minimum Gasteiger partial charge on any atom is -0.508 e. The lowest BCUT2D eigenvalue weighted by Crippen LogP contribution is -2.74. The van der Waals surface area contributed by atoms with Gasteiger partial charge in [-0.05, 0) is 49.7 Å². The van der Waals surface area contributed by atoms with Crippen molar-refractivity contribution < 1.29 is 23.7 Å². The van der Waals surface area contributed by atoms with Crippen LogP contribution in [0.3, 0.4) is 0 Å². The highest BCUT2D eigenvalue weighted by Gasteiger charge is 2.50. The van der Waals surface area contributed by atoms with Gasteiger partial charge < -0.3 is 35.8 Å². The van der Waals surface area contributed by atoms with Gasteiger partial charge in [-0.1, -0.05) is 12.0 Å². The molecule has 43 heavy (non-hydrogen) atoms. The van der Waals surface area contributed by atoms with E-state index in [1.165, 1.54) is 24.3 Å². The van der Waals surface area contributed by atoms with Crippen LogP contribution in [0.5, 0.6) is 5.75 Å². The number of benzene rings is 2. The fraction of sp³-hybridized carbons (Fsp3) is 0.355. The Labute approximate surface area is 245 Å². The van der Waals surface area contributed by atoms with E-state index in [0.717, 1.165) is 6.42 Å². The number of halogens is 2. The van der Waals surface area contributed by atoms with E-state index in [2.05, 4.69) is 32.9 Å². The van der Waals surface area contributed by atoms with Gasteiger partial charge in [0.25, 0.3) is 0 Å². The molecule has 220 valence electrons. The molecule has 0 spiro atoms. The van der Waals surface area contributed by atoms with Crippen LogP contribution in [0.2, 0.25) is 0 Å². The van der Waals surface area contributed by atoms with Gasteiger partial charge in [-0.25, -0.2) is 13.8 Å². The molecular weight excluding hydrogens is 556 g/mol. The van der Waals surface area contributed by atoms with E-state index in [9.17, 15) is 19.9 Å². The van der Waals surface area contributed by atoms with Crippen LogP contribution in [-0.4, -0.2) is 71.8 Å². The smallest absolute Gasteiger partial charge is 0.201 e. The monoisotopic (exact) mass is 585 g/mol. The van der Waals surface area contributed by atoms with Crippen LogP contribution in [0.1, 0.15) is 35.6 Å². The highest BCUT2D eigenvalue weighted by Crippen LogP contribution is 2.41. The Morgan fingerprint density at radius 2 is 2.09 bits per heavy atom. The summed E-state index contributed by atoms with van der Waals surface area (Å²) < 4.78 is 38.1. The van der Waals surface area contributed by atoms with Crippen molar-refractivity contribution in [1.82, 2.24) is 20.5 Å². The Morgan fingerprint density at radius 3 is 2.81 bits per heavy atom. The maximum absolute atomic E-state index is 16.8. The molecule has 1 aromatic heterocycles. The number of hydrogen-bond donors (Lipinski definition) is 5. The van der Waals surface area contributed by atoms with E-state index in [1.807, 2.05) is 4.90 Å². The van der Waals surface area contributed by atoms with Gasteiger partial charge in [0.05, 0.1) is 22.5 Å². The molecule has 5 atom stereocenters. The number of aliphatic hydroxyl groups excluding tert-OH is 1. The summed E-state index contributed by atoms with van der Waals surface area (Å²) in [5.41, 5.74) is 0.924. The van der Waals surface area contributed by atoms with Crippen LogP contribution in [0.15, 0.2) is 24.3 Å². The molecular formula is C31H29F2N7O3. The Kier molecular flexibility index (Phi) is 6.32. The lowest BCUT2D eigenvalue weighted by Gasteiger charge is -2.55. The lowest BCUT2D eigenvalue weighted by molar-refractivity contribution is 0.0186. The van der Waals surface area contributed by atoms with Gasteiger partial charge in [0.1, 0.15) is 46.6 Å². The van der Waals surface area contributed by atoms with Crippen LogP contribution in [-0.2, 0) is 4.74 Å². The molecule has 5 N–H and O–H groups in total. The van der Waals surface area contributed by atoms with Gasteiger partial charge in [-0.2, -0.15) is 5.26 Å². The average molecular weight is 586 g/mol. The van der Waals surface area contributed by atoms with Gasteiger partial charge in [-0.15, -0.1) is 6.42 Å². The van der Waals surface area contributed by atoms with E-state index in [1.54, 1.807) is 19.0 Å². The first-order valence-electron chi connectivity index (χ1n) is 14.0. The SMILES string of the molecule is C#Cc1c(F)ccc2cc(O)cc(C3NC4=c5c(c(C#N)c(NCCC(O)N(C)C)nc5=C3F)N3CC5CC(N5)C3O4)c12. The summed E-state index contributed by atoms with van der Waals surface area (Å²) in [6.45, 7) is 0.833. The van der Waals surface area contributed by atoms with Crippen molar-refractivity contribution in [3.8, 4) is 24.2 Å². The maximum atomic E-state index is 16.8. The Balaban J connectivity index is 1.46. The quantitative estimate of drug-likeness (QED) is 0.211. The van der Waals surface area contributed by atoms with Gasteiger partial charge >= 0.3 is 0 Å². The molecule has 2 aromatic carbocycles. The van der Waals surface area contributed by atoms with Crippen molar-refractivity contribution in [2.75, 3.05) is 37.4 Å². The zero-order valence-corrected chi connectivity index (χ0v) is 23.4. The van der Waals surface area contributed by atoms with E-state index >= 15 is 4.39 Å². The summed E-state index contributed by atoms with van der Waals surface area (Å²) >= 11 is 0. The van der Waals surface area contributed by atoms with Crippen molar-refractivity contribution in [2.45, 2.75) is 43.4 Å². The number of terminal acetylenes is 1. The third-order valence-electron chi connectivity index (χ3n) is 8.68. The summed E-state index contributed by atoms with van der Waals surface area (Å²) in [6, 6.07) is 6.72. The molecule has 5 unspecified atom stereocenters. The number of piperidine rings is 1. The topological polar surface area (TPSA) is 129 Å². The number of hydrogen-bond acceptors (Lipinski definition) is 10. The van der Waals surface area contributed by atoms with Crippen LogP contribution < -0.4 is 31.4 Å². The van der Waals surface area contributed by atoms with Crippen molar-refractivity contribution in [1.29, 1.82) is 5.26 Å².